The van der Waals surface area contributed by atoms with Crippen molar-refractivity contribution in [3.63, 3.8) is 0 Å². The Morgan fingerprint density at radius 2 is 0.765 bits per heavy atom. The lowest BCUT2D eigenvalue weighted by Gasteiger charge is -2.31. The molecule has 20 heteroatoms. The molecule has 202 valence electrons. The van der Waals surface area contributed by atoms with Crippen molar-refractivity contribution in [3.05, 3.63) is 0 Å². The van der Waals surface area contributed by atoms with Crippen LogP contribution in [0.4, 0.5) is 70.2 Å². The van der Waals surface area contributed by atoms with Crippen LogP contribution < -0.4 is 10.6 Å². The zero-order chi connectivity index (χ0) is 27.6. The highest BCUT2D eigenvalue weighted by molar-refractivity contribution is 5.85. The first-order valence-electron chi connectivity index (χ1n) is 8.33. The third-order valence-electron chi connectivity index (χ3n) is 3.92. The molecule has 34 heavy (non-hydrogen) atoms. The van der Waals surface area contributed by atoms with Crippen molar-refractivity contribution in [2.24, 2.45) is 0 Å². The van der Waals surface area contributed by atoms with E-state index in [4.69, 9.17) is 0 Å². The van der Waals surface area contributed by atoms with E-state index in [1.165, 1.54) is 0 Å². The van der Waals surface area contributed by atoms with Crippen LogP contribution in [-0.2, 0) is 9.59 Å². The third kappa shape index (κ3) is 5.55. The molecular weight excluding hydrogens is 532 g/mol. The maximum Gasteiger partial charge on any atom is 0.392 e. The van der Waals surface area contributed by atoms with Gasteiger partial charge in [-0.3, -0.25) is 9.59 Å². The van der Waals surface area contributed by atoms with Crippen molar-refractivity contribution >= 4 is 11.8 Å². The summed E-state index contributed by atoms with van der Waals surface area (Å²) in [4.78, 5) is 22.0. The molecule has 0 fully saturated rings. The molecule has 0 aromatic rings. The lowest BCUT2D eigenvalue weighted by Crippen LogP contribution is -2.63. The van der Waals surface area contributed by atoms with Gasteiger partial charge in [-0.2, -0.15) is 52.7 Å². The Morgan fingerprint density at radius 1 is 0.529 bits per heavy atom. The van der Waals surface area contributed by atoms with Gasteiger partial charge in [0.15, 0.2) is 0 Å². The summed E-state index contributed by atoms with van der Waals surface area (Å²) in [5.41, 5.74) is 0. The summed E-state index contributed by atoms with van der Waals surface area (Å²) in [6.07, 6.45) is -12.1. The molecule has 0 aromatic heterocycles. The van der Waals surface area contributed by atoms with Crippen molar-refractivity contribution in [1.82, 2.24) is 10.6 Å². The Hall–Kier alpha value is -2.18. The van der Waals surface area contributed by atoms with Crippen LogP contribution in [0.5, 0.6) is 0 Å². The molecule has 0 unspecified atom stereocenters. The molecule has 0 heterocycles. The summed E-state index contributed by atoms with van der Waals surface area (Å²) in [6.45, 7) is -2.34. The highest BCUT2D eigenvalue weighted by Crippen LogP contribution is 2.49. The van der Waals surface area contributed by atoms with Crippen LogP contribution in [-0.4, -0.2) is 73.3 Å². The molecule has 0 aliphatic heterocycles. The number of hydrogen-bond acceptors (Lipinski definition) is 2. The van der Waals surface area contributed by atoms with Crippen LogP contribution >= 0.6 is 0 Å². The van der Waals surface area contributed by atoms with Gasteiger partial charge in [-0.1, -0.05) is 0 Å². The molecule has 4 nitrogen and oxygen atoms in total. The van der Waals surface area contributed by atoms with Crippen molar-refractivity contribution in [2.45, 2.75) is 61.2 Å². The predicted octanol–water partition coefficient (Wildman–Crippen LogP) is 4.34. The summed E-state index contributed by atoms with van der Waals surface area (Å²) >= 11 is 0. The van der Waals surface area contributed by atoms with E-state index in [2.05, 4.69) is 0 Å². The monoisotopic (exact) mass is 544 g/mol. The summed E-state index contributed by atoms with van der Waals surface area (Å²) in [5.74, 6) is -46.1. The van der Waals surface area contributed by atoms with Crippen molar-refractivity contribution < 1.29 is 79.8 Å². The van der Waals surface area contributed by atoms with Gasteiger partial charge in [0.25, 0.3) is 11.8 Å². The number of alkyl halides is 16. The fourth-order valence-electron chi connectivity index (χ4n) is 1.85. The molecule has 0 aliphatic rings. The summed E-state index contributed by atoms with van der Waals surface area (Å²) in [7, 11) is 0. The van der Waals surface area contributed by atoms with Crippen LogP contribution in [0.3, 0.4) is 0 Å². The van der Waals surface area contributed by atoms with Crippen LogP contribution in [0.1, 0.15) is 12.8 Å². The van der Waals surface area contributed by atoms with E-state index in [9.17, 15) is 79.8 Å². The minimum Gasteiger partial charge on any atom is -0.351 e. The van der Waals surface area contributed by atoms with Gasteiger partial charge in [-0.15, -0.1) is 0 Å². The summed E-state index contributed by atoms with van der Waals surface area (Å²) in [5, 5.41) is 1.81. The zero-order valence-corrected chi connectivity index (χ0v) is 15.8. The number of rotatable bonds is 13. The molecule has 0 spiro atoms. The molecule has 0 aromatic carbocycles. The van der Waals surface area contributed by atoms with Crippen LogP contribution in [0.15, 0.2) is 0 Å². The van der Waals surface area contributed by atoms with Gasteiger partial charge < -0.3 is 10.6 Å². The Labute approximate surface area is 178 Å². The van der Waals surface area contributed by atoms with Gasteiger partial charge in [-0.25, -0.2) is 17.6 Å². The molecule has 0 radical (unpaired) electrons. The molecule has 0 aliphatic carbocycles. The van der Waals surface area contributed by atoms with Gasteiger partial charge in [0, 0.05) is 13.1 Å². The van der Waals surface area contributed by atoms with Crippen molar-refractivity contribution in [1.29, 1.82) is 0 Å². The van der Waals surface area contributed by atoms with Gasteiger partial charge in [0.2, 0.25) is 0 Å². The first-order chi connectivity index (χ1) is 14.9. The normalized spacial score (nSPS) is 14.5. The Bertz CT molecular complexity index is 664. The summed E-state index contributed by atoms with van der Waals surface area (Å²) in [6, 6.07) is 0. The highest BCUT2D eigenvalue weighted by atomic mass is 19.4. The smallest absolute Gasteiger partial charge is 0.351 e. The average molecular weight is 544 g/mol. The fourth-order valence-corrected chi connectivity index (χ4v) is 1.85. The molecule has 0 saturated heterocycles. The van der Waals surface area contributed by atoms with E-state index in [0.29, 0.717) is 0 Å². The van der Waals surface area contributed by atoms with Gasteiger partial charge >= 0.3 is 48.4 Å². The number of carbonyl (C=O) groups is 2. The Balaban J connectivity index is 4.85. The molecular formula is C14H12F16N2O2. The van der Waals surface area contributed by atoms with E-state index in [1.54, 1.807) is 0 Å². The van der Waals surface area contributed by atoms with E-state index in [-0.39, 0.29) is 0 Å². The molecule has 2 N–H and O–H groups in total. The van der Waals surface area contributed by atoms with Gasteiger partial charge in [-0.05, 0) is 12.8 Å². The van der Waals surface area contributed by atoms with E-state index in [0.717, 1.165) is 10.6 Å². The minimum absolute atomic E-state index is 0.770. The molecule has 2 amide bonds. The standard InChI is InChI=1S/C14H12F16N2O2/c15-5(16)9(19,20)13(27,28)11(23,24)7(33)31-3-1-2-4-32-8(34)12(25,26)14(29,30)10(21,22)6(17)18/h5-6H,1-4H2,(H,31,33)(H,32,34). The average Bonchev–Trinajstić information content (AvgIpc) is 2.68. The van der Waals surface area contributed by atoms with Crippen molar-refractivity contribution in [3.8, 4) is 0 Å². The topological polar surface area (TPSA) is 58.2 Å². The van der Waals surface area contributed by atoms with Gasteiger partial charge in [0.1, 0.15) is 0 Å². The van der Waals surface area contributed by atoms with Crippen LogP contribution in [0, 0.1) is 0 Å². The van der Waals surface area contributed by atoms with E-state index in [1.807, 2.05) is 0 Å². The van der Waals surface area contributed by atoms with Gasteiger partial charge in [0.05, 0.1) is 0 Å². The molecule has 0 bridgehead atoms. The number of carbonyl (C=O) groups excluding carboxylic acids is 2. The van der Waals surface area contributed by atoms with Crippen LogP contribution in [0.25, 0.3) is 0 Å². The molecule has 0 rings (SSSR count). The Morgan fingerprint density at radius 3 is 0.971 bits per heavy atom. The maximum atomic E-state index is 13.2. The van der Waals surface area contributed by atoms with E-state index < -0.39 is 86.1 Å². The SMILES string of the molecule is O=C(NCCCCNC(=O)C(F)(F)C(F)(F)C(F)(F)C(F)F)C(F)(F)C(F)(F)C(F)(F)C(F)F. The second kappa shape index (κ2) is 10.2. The second-order valence-electron chi connectivity index (χ2n) is 6.36. The second-order valence-corrected chi connectivity index (χ2v) is 6.36. The highest BCUT2D eigenvalue weighted by Gasteiger charge is 2.79. The number of nitrogens with one attached hydrogen (secondary N) is 2. The third-order valence-corrected chi connectivity index (χ3v) is 3.92. The Kier molecular flexibility index (Phi) is 9.55. The fraction of sp³-hybridized carbons (Fsp3) is 0.857. The first-order valence-corrected chi connectivity index (χ1v) is 8.33. The number of unbranched alkanes of at least 4 members (excludes halogenated alkanes) is 1. The minimum atomic E-state index is -6.86. The van der Waals surface area contributed by atoms with Crippen molar-refractivity contribution in [2.75, 3.05) is 13.1 Å². The lowest BCUT2D eigenvalue weighted by molar-refractivity contribution is -0.327. The molecule has 0 atom stereocenters. The predicted molar refractivity (Wildman–Crippen MR) is 76.9 cm³/mol. The van der Waals surface area contributed by atoms with Crippen LogP contribution in [0.2, 0.25) is 0 Å². The quantitative estimate of drug-likeness (QED) is 0.268. The molecule has 0 saturated carbocycles. The maximum absolute atomic E-state index is 13.2. The number of hydrogen-bond donors (Lipinski definition) is 2. The largest absolute Gasteiger partial charge is 0.392 e. The summed E-state index contributed by atoms with van der Waals surface area (Å²) < 4.78 is 203. The number of amides is 2. The first kappa shape index (κ1) is 31.8. The zero-order valence-electron chi connectivity index (χ0n) is 15.8. The van der Waals surface area contributed by atoms with E-state index >= 15 is 0 Å². The lowest BCUT2D eigenvalue weighted by atomic mass is 10.0. The number of halogens is 16.